The molecular formula is C16H17N3O2. The van der Waals surface area contributed by atoms with E-state index >= 15 is 0 Å². The Morgan fingerprint density at radius 1 is 1.10 bits per heavy atom. The summed E-state index contributed by atoms with van der Waals surface area (Å²) in [6.45, 7) is 0. The summed E-state index contributed by atoms with van der Waals surface area (Å²) in [5.74, 6) is 0.535. The van der Waals surface area contributed by atoms with Crippen LogP contribution in [0.15, 0.2) is 33.9 Å². The molecule has 1 aliphatic carbocycles. The van der Waals surface area contributed by atoms with Crippen LogP contribution in [-0.2, 0) is 12.0 Å². The van der Waals surface area contributed by atoms with Gasteiger partial charge >= 0.3 is 11.4 Å². The lowest BCUT2D eigenvalue weighted by molar-refractivity contribution is 0.179. The molecule has 2 aliphatic rings. The summed E-state index contributed by atoms with van der Waals surface area (Å²) in [5, 5.41) is 0. The van der Waals surface area contributed by atoms with Gasteiger partial charge in [-0.05, 0) is 24.8 Å². The van der Waals surface area contributed by atoms with Gasteiger partial charge in [0, 0.05) is 5.56 Å². The Bertz CT molecular complexity index is 813. The van der Waals surface area contributed by atoms with Crippen molar-refractivity contribution in [2.75, 3.05) is 0 Å². The average Bonchev–Trinajstić information content (AvgIpc) is 2.47. The number of hydrogen-bond acceptors (Lipinski definition) is 3. The van der Waals surface area contributed by atoms with Gasteiger partial charge in [0.15, 0.2) is 5.82 Å². The fourth-order valence-corrected chi connectivity index (χ4v) is 3.97. The molecule has 2 aromatic rings. The third-order valence-electron chi connectivity index (χ3n) is 4.87. The van der Waals surface area contributed by atoms with Crippen molar-refractivity contribution in [3.63, 3.8) is 0 Å². The number of aromatic amines is 1. The molecule has 0 amide bonds. The lowest BCUT2D eigenvalue weighted by atomic mass is 9.74. The van der Waals surface area contributed by atoms with E-state index in [1.165, 1.54) is 12.0 Å². The van der Waals surface area contributed by atoms with E-state index in [1.54, 1.807) is 4.57 Å². The molecule has 1 saturated carbocycles. The van der Waals surface area contributed by atoms with Gasteiger partial charge in [-0.25, -0.2) is 9.59 Å². The Kier molecular flexibility index (Phi) is 2.64. The molecule has 1 aromatic carbocycles. The molecule has 0 bridgehead atoms. The highest BCUT2D eigenvalue weighted by Gasteiger charge is 2.41. The summed E-state index contributed by atoms with van der Waals surface area (Å²) in [6, 6.07) is 7.97. The zero-order valence-electron chi connectivity index (χ0n) is 11.8. The molecule has 1 aromatic heterocycles. The first-order chi connectivity index (χ1) is 10.2. The van der Waals surface area contributed by atoms with Gasteiger partial charge in [-0.1, -0.05) is 43.5 Å². The number of H-pyrrole nitrogens is 1. The Labute approximate surface area is 121 Å². The number of rotatable bonds is 0. The minimum atomic E-state index is -0.561. The third-order valence-corrected chi connectivity index (χ3v) is 4.87. The van der Waals surface area contributed by atoms with Crippen LogP contribution >= 0.6 is 0 Å². The first kappa shape index (κ1) is 12.6. The number of hydrogen-bond donors (Lipinski definition) is 1. The van der Waals surface area contributed by atoms with Gasteiger partial charge in [-0.2, -0.15) is 4.98 Å². The van der Waals surface area contributed by atoms with Gasteiger partial charge in [0.1, 0.15) is 0 Å². The Balaban J connectivity index is 2.06. The van der Waals surface area contributed by atoms with Crippen LogP contribution in [0.3, 0.4) is 0 Å². The predicted octanol–water partition coefficient (Wildman–Crippen LogP) is 1.81. The zero-order chi connectivity index (χ0) is 14.4. The van der Waals surface area contributed by atoms with Crippen molar-refractivity contribution in [1.29, 1.82) is 0 Å². The smallest absolute Gasteiger partial charge is 0.271 e. The minimum Gasteiger partial charge on any atom is -0.271 e. The van der Waals surface area contributed by atoms with Gasteiger partial charge in [0.05, 0.1) is 5.54 Å². The highest BCUT2D eigenvalue weighted by molar-refractivity contribution is 5.63. The van der Waals surface area contributed by atoms with Gasteiger partial charge in [0.2, 0.25) is 0 Å². The molecule has 1 N–H and O–H groups in total. The standard InChI is InChI=1S/C16H17N3O2/c20-14-17-13-12-7-3-2-6-11(12)10-16(8-4-1-5-9-16)19(13)15(21)18-14/h2-3,6-7H,1,4-5,8-10H2,(H,18,20,21). The fraction of sp³-hybridized carbons (Fsp3) is 0.438. The van der Waals surface area contributed by atoms with Crippen LogP contribution in [0.4, 0.5) is 0 Å². The molecule has 2 heterocycles. The monoisotopic (exact) mass is 283 g/mol. The second-order valence-corrected chi connectivity index (χ2v) is 6.13. The van der Waals surface area contributed by atoms with E-state index in [0.29, 0.717) is 5.82 Å². The normalized spacial score (nSPS) is 19.0. The molecule has 1 spiro atoms. The Morgan fingerprint density at radius 3 is 2.67 bits per heavy atom. The molecule has 0 atom stereocenters. The summed E-state index contributed by atoms with van der Waals surface area (Å²) < 4.78 is 1.76. The van der Waals surface area contributed by atoms with E-state index in [0.717, 1.165) is 37.7 Å². The van der Waals surface area contributed by atoms with Crippen LogP contribution in [0.5, 0.6) is 0 Å². The Morgan fingerprint density at radius 2 is 1.86 bits per heavy atom. The first-order valence-electron chi connectivity index (χ1n) is 7.52. The molecule has 0 unspecified atom stereocenters. The topological polar surface area (TPSA) is 67.8 Å². The maximum Gasteiger partial charge on any atom is 0.351 e. The van der Waals surface area contributed by atoms with Crippen molar-refractivity contribution in [3.05, 3.63) is 50.8 Å². The predicted molar refractivity (Wildman–Crippen MR) is 79.3 cm³/mol. The summed E-state index contributed by atoms with van der Waals surface area (Å²) in [6.07, 6.45) is 6.25. The molecule has 0 saturated heterocycles. The Hall–Kier alpha value is -2.17. The average molecular weight is 283 g/mol. The molecular weight excluding hydrogens is 266 g/mol. The van der Waals surface area contributed by atoms with E-state index in [-0.39, 0.29) is 11.2 Å². The van der Waals surface area contributed by atoms with E-state index in [1.807, 2.05) is 18.2 Å². The van der Waals surface area contributed by atoms with Gasteiger partial charge in [-0.15, -0.1) is 0 Å². The highest BCUT2D eigenvalue weighted by Crippen LogP contribution is 2.43. The van der Waals surface area contributed by atoms with Crippen LogP contribution in [0, 0.1) is 0 Å². The number of nitrogens with zero attached hydrogens (tertiary/aromatic N) is 2. The SMILES string of the molecule is O=c1nc2n(c(=O)[nH]1)C1(CCCCC1)Cc1ccccc1-2. The van der Waals surface area contributed by atoms with Gasteiger partial charge < -0.3 is 0 Å². The lowest BCUT2D eigenvalue weighted by Gasteiger charge is -2.43. The largest absolute Gasteiger partial charge is 0.351 e. The zero-order valence-corrected chi connectivity index (χ0v) is 11.8. The van der Waals surface area contributed by atoms with Gasteiger partial charge in [0.25, 0.3) is 0 Å². The summed E-state index contributed by atoms with van der Waals surface area (Å²) in [7, 11) is 0. The molecule has 108 valence electrons. The van der Waals surface area contributed by atoms with Crippen molar-refractivity contribution < 1.29 is 0 Å². The highest BCUT2D eigenvalue weighted by atomic mass is 16.2. The molecule has 5 nitrogen and oxygen atoms in total. The third kappa shape index (κ3) is 1.80. The number of nitrogens with one attached hydrogen (secondary N) is 1. The van der Waals surface area contributed by atoms with Crippen LogP contribution in [0.1, 0.15) is 37.7 Å². The van der Waals surface area contributed by atoms with E-state index < -0.39 is 5.69 Å². The van der Waals surface area contributed by atoms with E-state index in [2.05, 4.69) is 16.0 Å². The molecule has 21 heavy (non-hydrogen) atoms. The first-order valence-corrected chi connectivity index (χ1v) is 7.52. The van der Waals surface area contributed by atoms with Crippen LogP contribution < -0.4 is 11.4 Å². The quantitative estimate of drug-likeness (QED) is 0.802. The van der Waals surface area contributed by atoms with Gasteiger partial charge in [-0.3, -0.25) is 9.55 Å². The van der Waals surface area contributed by atoms with Crippen LogP contribution in [-0.4, -0.2) is 14.5 Å². The molecule has 5 heteroatoms. The summed E-state index contributed by atoms with van der Waals surface area (Å²) in [5.41, 5.74) is 1.01. The number of aromatic nitrogens is 3. The van der Waals surface area contributed by atoms with Crippen molar-refractivity contribution in [2.45, 2.75) is 44.1 Å². The second-order valence-electron chi connectivity index (χ2n) is 6.13. The van der Waals surface area contributed by atoms with Crippen LogP contribution in [0.25, 0.3) is 11.4 Å². The van der Waals surface area contributed by atoms with Crippen molar-refractivity contribution in [1.82, 2.24) is 14.5 Å². The van der Waals surface area contributed by atoms with Crippen molar-refractivity contribution in [2.24, 2.45) is 0 Å². The van der Waals surface area contributed by atoms with E-state index in [9.17, 15) is 9.59 Å². The van der Waals surface area contributed by atoms with E-state index in [4.69, 9.17) is 0 Å². The number of benzene rings is 1. The number of fused-ring (bicyclic) bond motifs is 4. The fourth-order valence-electron chi connectivity index (χ4n) is 3.97. The molecule has 1 aliphatic heterocycles. The summed E-state index contributed by atoms with van der Waals surface area (Å²) in [4.78, 5) is 30.6. The maximum absolute atomic E-state index is 12.4. The van der Waals surface area contributed by atoms with Crippen molar-refractivity contribution in [3.8, 4) is 11.4 Å². The molecule has 0 radical (unpaired) electrons. The minimum absolute atomic E-state index is 0.212. The second kappa shape index (κ2) is 4.41. The molecule has 4 rings (SSSR count). The molecule has 1 fully saturated rings. The lowest BCUT2D eigenvalue weighted by Crippen LogP contribution is -2.50. The van der Waals surface area contributed by atoms with Crippen LogP contribution in [0.2, 0.25) is 0 Å². The van der Waals surface area contributed by atoms with Crippen molar-refractivity contribution >= 4 is 0 Å². The summed E-state index contributed by atoms with van der Waals surface area (Å²) >= 11 is 0. The maximum atomic E-state index is 12.4.